The normalized spacial score (nSPS) is 13.6. The summed E-state index contributed by atoms with van der Waals surface area (Å²) in [5.74, 6) is -1.16. The van der Waals surface area contributed by atoms with E-state index in [4.69, 9.17) is 5.26 Å². The number of aliphatic carboxylic acids is 1. The van der Waals surface area contributed by atoms with E-state index < -0.39 is 23.0 Å². The van der Waals surface area contributed by atoms with Gasteiger partial charge in [-0.1, -0.05) is 41.5 Å². The van der Waals surface area contributed by atoms with Crippen LogP contribution in [0.3, 0.4) is 0 Å². The van der Waals surface area contributed by atoms with Gasteiger partial charge in [0, 0.05) is 12.7 Å². The number of carboxylic acid groups (broad SMARTS) is 1. The minimum Gasteiger partial charge on any atom is -0.480 e. The molecule has 0 amide bonds. The molecule has 25 heavy (non-hydrogen) atoms. The van der Waals surface area contributed by atoms with Crippen molar-refractivity contribution in [1.82, 2.24) is 19.3 Å². The van der Waals surface area contributed by atoms with Crippen molar-refractivity contribution in [3.8, 4) is 6.07 Å². The first-order valence-corrected chi connectivity index (χ1v) is 7.98. The summed E-state index contributed by atoms with van der Waals surface area (Å²) in [5, 5.41) is 19.0. The number of nitrogens with zero attached hydrogens (tertiary/aromatic N) is 5. The highest BCUT2D eigenvalue weighted by Crippen LogP contribution is 2.32. The van der Waals surface area contributed by atoms with Crippen molar-refractivity contribution in [3.63, 3.8) is 0 Å². The monoisotopic (exact) mass is 345 g/mol. The first-order chi connectivity index (χ1) is 11.4. The quantitative estimate of drug-likeness (QED) is 0.912. The third-order valence-electron chi connectivity index (χ3n) is 3.73. The molecule has 0 aliphatic heterocycles. The van der Waals surface area contributed by atoms with Gasteiger partial charge in [-0.25, -0.2) is 14.5 Å². The maximum absolute atomic E-state index is 12.9. The van der Waals surface area contributed by atoms with Gasteiger partial charge in [0.25, 0.3) is 5.56 Å². The van der Waals surface area contributed by atoms with Crippen LogP contribution in [0.25, 0.3) is 11.0 Å². The fraction of sp³-hybridized carbons (Fsp3) is 0.588. The van der Waals surface area contributed by atoms with Crippen LogP contribution in [0.2, 0.25) is 0 Å². The van der Waals surface area contributed by atoms with Gasteiger partial charge >= 0.3 is 5.97 Å². The fourth-order valence-corrected chi connectivity index (χ4v) is 2.81. The molecule has 0 radical (unpaired) electrons. The molecule has 134 valence electrons. The zero-order valence-corrected chi connectivity index (χ0v) is 15.4. The Kier molecular flexibility index (Phi) is 4.47. The number of hydrogen-bond acceptors (Lipinski definition) is 5. The molecule has 0 aliphatic rings. The van der Waals surface area contributed by atoms with Crippen molar-refractivity contribution in [2.45, 2.75) is 54.1 Å². The van der Waals surface area contributed by atoms with Crippen molar-refractivity contribution in [3.05, 3.63) is 22.4 Å². The molecule has 0 bridgehead atoms. The third kappa shape index (κ3) is 3.55. The lowest BCUT2D eigenvalue weighted by Crippen LogP contribution is -2.41. The number of nitriles is 1. The van der Waals surface area contributed by atoms with E-state index in [9.17, 15) is 14.7 Å². The first-order valence-electron chi connectivity index (χ1n) is 7.98. The number of aromatic nitrogens is 4. The first kappa shape index (κ1) is 18.6. The topological polar surface area (TPSA) is 114 Å². The van der Waals surface area contributed by atoms with Crippen LogP contribution in [0, 0.1) is 22.2 Å². The summed E-state index contributed by atoms with van der Waals surface area (Å²) in [6.07, 6.45) is 1.29. The zero-order chi connectivity index (χ0) is 19.2. The predicted octanol–water partition coefficient (Wildman–Crippen LogP) is 2.18. The largest absolute Gasteiger partial charge is 0.480 e. The molecule has 1 atom stereocenters. The standard InChI is InChI=1S/C17H23N5O3/c1-16(2,3)9-21-13-10(8-19-11(7-18)20-13)14(23)22(21)12(15(24)25)17(4,5)6/h8,12H,9H2,1-6H3,(H,24,25). The van der Waals surface area contributed by atoms with Crippen molar-refractivity contribution in [1.29, 1.82) is 5.26 Å². The van der Waals surface area contributed by atoms with Crippen LogP contribution < -0.4 is 5.56 Å². The average molecular weight is 345 g/mol. The molecule has 8 heteroatoms. The summed E-state index contributed by atoms with van der Waals surface area (Å²) < 4.78 is 2.82. The Morgan fingerprint density at radius 1 is 1.32 bits per heavy atom. The van der Waals surface area contributed by atoms with E-state index in [-0.39, 0.29) is 22.3 Å². The van der Waals surface area contributed by atoms with Gasteiger partial charge in [0.2, 0.25) is 5.82 Å². The van der Waals surface area contributed by atoms with Gasteiger partial charge in [-0.3, -0.25) is 9.48 Å². The second-order valence-corrected chi connectivity index (χ2v) is 8.42. The lowest BCUT2D eigenvalue weighted by Gasteiger charge is -2.31. The van der Waals surface area contributed by atoms with Gasteiger partial charge in [-0.2, -0.15) is 10.2 Å². The summed E-state index contributed by atoms with van der Waals surface area (Å²) >= 11 is 0. The van der Waals surface area contributed by atoms with E-state index in [0.717, 1.165) is 0 Å². The highest BCUT2D eigenvalue weighted by molar-refractivity contribution is 5.77. The molecule has 0 aromatic carbocycles. The summed E-state index contributed by atoms with van der Waals surface area (Å²) in [5.41, 5.74) is -1.13. The molecule has 0 spiro atoms. The van der Waals surface area contributed by atoms with Crippen molar-refractivity contribution < 1.29 is 9.90 Å². The molecule has 1 N–H and O–H groups in total. The molecular formula is C17H23N5O3. The Bertz CT molecular complexity index is 919. The van der Waals surface area contributed by atoms with Crippen LogP contribution in [-0.2, 0) is 11.3 Å². The highest BCUT2D eigenvalue weighted by Gasteiger charge is 2.37. The SMILES string of the molecule is CC(C)(C)Cn1c2nc(C#N)ncc2c(=O)n1C(C(=O)O)C(C)(C)C. The highest BCUT2D eigenvalue weighted by atomic mass is 16.4. The Morgan fingerprint density at radius 2 is 1.92 bits per heavy atom. The number of carboxylic acids is 1. The van der Waals surface area contributed by atoms with Crippen molar-refractivity contribution in [2.24, 2.45) is 10.8 Å². The van der Waals surface area contributed by atoms with Crippen molar-refractivity contribution >= 4 is 17.0 Å². The summed E-state index contributed by atoms with van der Waals surface area (Å²) in [6, 6.07) is 0.776. The maximum atomic E-state index is 12.9. The van der Waals surface area contributed by atoms with Gasteiger partial charge < -0.3 is 5.11 Å². The molecule has 0 fully saturated rings. The van der Waals surface area contributed by atoms with Crippen LogP contribution >= 0.6 is 0 Å². The molecule has 1 unspecified atom stereocenters. The molecule has 2 aromatic rings. The molecule has 2 rings (SSSR count). The smallest absolute Gasteiger partial charge is 0.329 e. The van der Waals surface area contributed by atoms with E-state index in [0.29, 0.717) is 6.54 Å². The fourth-order valence-electron chi connectivity index (χ4n) is 2.81. The summed E-state index contributed by atoms with van der Waals surface area (Å²) in [4.78, 5) is 32.9. The van der Waals surface area contributed by atoms with Crippen LogP contribution in [-0.4, -0.2) is 30.4 Å². The zero-order valence-electron chi connectivity index (χ0n) is 15.4. The van der Waals surface area contributed by atoms with Gasteiger partial charge in [-0.05, 0) is 10.8 Å². The van der Waals surface area contributed by atoms with E-state index >= 15 is 0 Å². The molecular weight excluding hydrogens is 322 g/mol. The van der Waals surface area contributed by atoms with Gasteiger partial charge in [-0.15, -0.1) is 0 Å². The summed E-state index contributed by atoms with van der Waals surface area (Å²) in [7, 11) is 0. The molecule has 0 saturated heterocycles. The van der Waals surface area contributed by atoms with E-state index in [1.54, 1.807) is 25.5 Å². The number of fused-ring (bicyclic) bond motifs is 1. The van der Waals surface area contributed by atoms with Gasteiger partial charge in [0.15, 0.2) is 11.7 Å². The van der Waals surface area contributed by atoms with E-state index in [1.165, 1.54) is 10.9 Å². The second kappa shape index (κ2) is 5.99. The molecule has 0 aliphatic carbocycles. The number of rotatable bonds is 3. The van der Waals surface area contributed by atoms with E-state index in [2.05, 4.69) is 9.97 Å². The Labute approximate surface area is 145 Å². The average Bonchev–Trinajstić information content (AvgIpc) is 2.69. The van der Waals surface area contributed by atoms with Crippen LogP contribution in [0.1, 0.15) is 53.4 Å². The number of carbonyl (C=O) groups is 1. The molecule has 0 saturated carbocycles. The van der Waals surface area contributed by atoms with Crippen molar-refractivity contribution in [2.75, 3.05) is 0 Å². The third-order valence-corrected chi connectivity index (χ3v) is 3.73. The number of hydrogen-bond donors (Lipinski definition) is 1. The van der Waals surface area contributed by atoms with Gasteiger partial charge in [0.05, 0.1) is 0 Å². The van der Waals surface area contributed by atoms with E-state index in [1.807, 2.05) is 26.8 Å². The van der Waals surface area contributed by atoms with Gasteiger partial charge in [0.1, 0.15) is 11.5 Å². The predicted molar refractivity (Wildman–Crippen MR) is 92.1 cm³/mol. The Morgan fingerprint density at radius 3 is 2.36 bits per heavy atom. The second-order valence-electron chi connectivity index (χ2n) is 8.42. The Balaban J connectivity index is 2.93. The van der Waals surface area contributed by atoms with Crippen LogP contribution in [0.4, 0.5) is 0 Å². The minimum absolute atomic E-state index is 0.0602. The molecule has 2 aromatic heterocycles. The maximum Gasteiger partial charge on any atom is 0.329 e. The molecule has 2 heterocycles. The lowest BCUT2D eigenvalue weighted by atomic mass is 9.87. The Hall–Kier alpha value is -2.69. The molecule has 8 nitrogen and oxygen atoms in total. The lowest BCUT2D eigenvalue weighted by molar-refractivity contribution is -0.145. The summed E-state index contributed by atoms with van der Waals surface area (Å²) in [6.45, 7) is 11.6. The minimum atomic E-state index is -1.10. The van der Waals surface area contributed by atoms with Crippen LogP contribution in [0.5, 0.6) is 0 Å². The van der Waals surface area contributed by atoms with Crippen LogP contribution in [0.15, 0.2) is 11.0 Å².